The molecule has 0 saturated heterocycles. The molecular weight excluding hydrogens is 264 g/mol. The van der Waals surface area contributed by atoms with Crippen LogP contribution in [0.2, 0.25) is 0 Å². The van der Waals surface area contributed by atoms with Crippen molar-refractivity contribution < 1.29 is 9.90 Å². The lowest BCUT2D eigenvalue weighted by Crippen LogP contribution is -2.45. The smallest absolute Gasteiger partial charge is 0.225 e. The van der Waals surface area contributed by atoms with Crippen LogP contribution in [0.3, 0.4) is 0 Å². The van der Waals surface area contributed by atoms with Crippen LogP contribution in [-0.4, -0.2) is 29.7 Å². The summed E-state index contributed by atoms with van der Waals surface area (Å²) in [6.45, 7) is 6.87. The van der Waals surface area contributed by atoms with Crippen LogP contribution in [0.25, 0.3) is 0 Å². The van der Waals surface area contributed by atoms with Gasteiger partial charge in [-0.05, 0) is 37.3 Å². The zero-order valence-electron chi connectivity index (χ0n) is 13.1. The van der Waals surface area contributed by atoms with Gasteiger partial charge < -0.3 is 15.7 Å². The molecule has 1 aromatic carbocycles. The molecule has 1 aromatic rings. The van der Waals surface area contributed by atoms with E-state index in [4.69, 9.17) is 0 Å². The zero-order valence-corrected chi connectivity index (χ0v) is 13.1. The normalized spacial score (nSPS) is 20.3. The average molecular weight is 290 g/mol. The molecule has 0 fully saturated rings. The van der Waals surface area contributed by atoms with Gasteiger partial charge in [-0.25, -0.2) is 0 Å². The van der Waals surface area contributed by atoms with E-state index in [1.165, 1.54) is 5.56 Å². The fraction of sp³-hybridized carbons (Fsp3) is 0.588. The Labute approximate surface area is 126 Å². The second kappa shape index (κ2) is 6.48. The molecule has 0 aromatic heterocycles. The van der Waals surface area contributed by atoms with Gasteiger partial charge in [0, 0.05) is 18.8 Å². The highest BCUT2D eigenvalue weighted by molar-refractivity contribution is 5.80. The van der Waals surface area contributed by atoms with Gasteiger partial charge in [-0.3, -0.25) is 4.79 Å². The minimum absolute atomic E-state index is 0.0148. The Kier molecular flexibility index (Phi) is 4.88. The molecule has 4 heteroatoms. The highest BCUT2D eigenvalue weighted by atomic mass is 16.3. The number of hydrogen-bond donors (Lipinski definition) is 3. The summed E-state index contributed by atoms with van der Waals surface area (Å²) in [7, 11) is 0. The molecular formula is C17H26N2O2. The Hall–Kier alpha value is -1.55. The average Bonchev–Trinajstić information content (AvgIpc) is 2.43. The predicted octanol–water partition coefficient (Wildman–Crippen LogP) is 2.18. The van der Waals surface area contributed by atoms with Crippen LogP contribution in [0.15, 0.2) is 24.3 Å². The lowest BCUT2D eigenvalue weighted by molar-refractivity contribution is -0.126. The van der Waals surface area contributed by atoms with E-state index in [1.54, 1.807) is 6.92 Å². The monoisotopic (exact) mass is 290 g/mol. The Balaban J connectivity index is 1.88. The first-order chi connectivity index (χ1) is 9.87. The Morgan fingerprint density at radius 1 is 1.48 bits per heavy atom. The summed E-state index contributed by atoms with van der Waals surface area (Å²) in [5, 5.41) is 16.5. The maximum atomic E-state index is 12.3. The van der Waals surface area contributed by atoms with Crippen molar-refractivity contribution in [2.45, 2.75) is 39.2 Å². The van der Waals surface area contributed by atoms with Crippen LogP contribution in [-0.2, 0) is 11.2 Å². The molecule has 4 nitrogen and oxygen atoms in total. The molecule has 3 N–H and O–H groups in total. The molecule has 1 aliphatic heterocycles. The Bertz CT molecular complexity index is 497. The number of amides is 1. The van der Waals surface area contributed by atoms with Crippen molar-refractivity contribution in [3.05, 3.63) is 29.8 Å². The SMILES string of the molecule is CC(C)CC(C)(O)CNC(=O)C1CNc2ccccc2C1. The van der Waals surface area contributed by atoms with E-state index in [0.29, 0.717) is 25.4 Å². The maximum Gasteiger partial charge on any atom is 0.225 e. The van der Waals surface area contributed by atoms with Gasteiger partial charge in [0.05, 0.1) is 11.5 Å². The van der Waals surface area contributed by atoms with Crippen molar-refractivity contribution in [1.82, 2.24) is 5.32 Å². The molecule has 2 atom stereocenters. The number of nitrogens with one attached hydrogen (secondary N) is 2. The van der Waals surface area contributed by atoms with Gasteiger partial charge in [-0.15, -0.1) is 0 Å². The number of benzene rings is 1. The minimum atomic E-state index is -0.843. The largest absolute Gasteiger partial charge is 0.388 e. The van der Waals surface area contributed by atoms with Crippen molar-refractivity contribution in [1.29, 1.82) is 0 Å². The number of hydrogen-bond acceptors (Lipinski definition) is 3. The van der Waals surface area contributed by atoms with Gasteiger partial charge in [0.15, 0.2) is 0 Å². The first-order valence-corrected chi connectivity index (χ1v) is 7.69. The van der Waals surface area contributed by atoms with Crippen LogP contribution in [0.5, 0.6) is 0 Å². The Morgan fingerprint density at radius 2 is 2.19 bits per heavy atom. The summed E-state index contributed by atoms with van der Waals surface area (Å²) < 4.78 is 0. The summed E-state index contributed by atoms with van der Waals surface area (Å²) in [6, 6.07) is 8.08. The summed E-state index contributed by atoms with van der Waals surface area (Å²) in [5.41, 5.74) is 1.45. The van der Waals surface area contributed by atoms with Crippen molar-refractivity contribution in [2.24, 2.45) is 11.8 Å². The molecule has 0 bridgehead atoms. The van der Waals surface area contributed by atoms with E-state index < -0.39 is 5.60 Å². The molecule has 0 aliphatic carbocycles. The van der Waals surface area contributed by atoms with Crippen molar-refractivity contribution in [3.8, 4) is 0 Å². The third kappa shape index (κ3) is 4.46. The summed E-state index contributed by atoms with van der Waals surface area (Å²) >= 11 is 0. The molecule has 1 amide bonds. The van der Waals surface area contributed by atoms with Crippen LogP contribution < -0.4 is 10.6 Å². The Morgan fingerprint density at radius 3 is 2.90 bits per heavy atom. The fourth-order valence-electron chi connectivity index (χ4n) is 3.00. The third-order valence-corrected chi connectivity index (χ3v) is 3.88. The molecule has 0 spiro atoms. The van der Waals surface area contributed by atoms with Gasteiger partial charge >= 0.3 is 0 Å². The third-order valence-electron chi connectivity index (χ3n) is 3.88. The van der Waals surface area contributed by atoms with Gasteiger partial charge in [0.1, 0.15) is 0 Å². The van der Waals surface area contributed by atoms with Crippen LogP contribution in [0.1, 0.15) is 32.8 Å². The highest BCUT2D eigenvalue weighted by Gasteiger charge is 2.27. The summed E-state index contributed by atoms with van der Waals surface area (Å²) in [6.07, 6.45) is 1.43. The lowest BCUT2D eigenvalue weighted by Gasteiger charge is -2.29. The van der Waals surface area contributed by atoms with E-state index in [2.05, 4.69) is 30.5 Å². The first kappa shape index (κ1) is 15.8. The predicted molar refractivity (Wildman–Crippen MR) is 85.2 cm³/mol. The molecule has 21 heavy (non-hydrogen) atoms. The fourth-order valence-corrected chi connectivity index (χ4v) is 3.00. The number of carbonyl (C=O) groups excluding carboxylic acids is 1. The number of fused-ring (bicyclic) bond motifs is 1. The van der Waals surface area contributed by atoms with Crippen LogP contribution in [0, 0.1) is 11.8 Å². The minimum Gasteiger partial charge on any atom is -0.388 e. The quantitative estimate of drug-likeness (QED) is 0.779. The second-order valence-corrected chi connectivity index (χ2v) is 6.75. The van der Waals surface area contributed by atoms with Crippen molar-refractivity contribution in [3.63, 3.8) is 0 Å². The number of para-hydroxylation sites is 1. The molecule has 1 aliphatic rings. The van der Waals surface area contributed by atoms with E-state index in [0.717, 1.165) is 12.1 Å². The van der Waals surface area contributed by atoms with Crippen molar-refractivity contribution in [2.75, 3.05) is 18.4 Å². The van der Waals surface area contributed by atoms with Crippen LogP contribution in [0.4, 0.5) is 5.69 Å². The van der Waals surface area contributed by atoms with E-state index in [-0.39, 0.29) is 11.8 Å². The van der Waals surface area contributed by atoms with Gasteiger partial charge in [0.2, 0.25) is 5.91 Å². The molecule has 116 valence electrons. The molecule has 2 rings (SSSR count). The standard InChI is InChI=1S/C17H26N2O2/c1-12(2)9-17(3,21)11-19-16(20)14-8-13-6-4-5-7-15(13)18-10-14/h4-7,12,14,18,21H,8-11H2,1-3H3,(H,19,20). The first-order valence-electron chi connectivity index (χ1n) is 7.69. The van der Waals surface area contributed by atoms with E-state index in [1.807, 2.05) is 18.2 Å². The second-order valence-electron chi connectivity index (χ2n) is 6.75. The number of rotatable bonds is 5. The topological polar surface area (TPSA) is 61.4 Å². The highest BCUT2D eigenvalue weighted by Crippen LogP contribution is 2.24. The molecule has 1 heterocycles. The molecule has 0 saturated carbocycles. The van der Waals surface area contributed by atoms with Crippen LogP contribution >= 0.6 is 0 Å². The maximum absolute atomic E-state index is 12.3. The zero-order chi connectivity index (χ0) is 15.5. The van der Waals surface area contributed by atoms with Crippen molar-refractivity contribution >= 4 is 11.6 Å². The van der Waals surface area contributed by atoms with Gasteiger partial charge in [-0.2, -0.15) is 0 Å². The van der Waals surface area contributed by atoms with E-state index >= 15 is 0 Å². The summed E-state index contributed by atoms with van der Waals surface area (Å²) in [5.74, 6) is 0.343. The number of aliphatic hydroxyl groups is 1. The molecule has 2 unspecified atom stereocenters. The number of carbonyl (C=O) groups is 1. The summed E-state index contributed by atoms with van der Waals surface area (Å²) in [4.78, 5) is 12.3. The van der Waals surface area contributed by atoms with Gasteiger partial charge in [0.25, 0.3) is 0 Å². The van der Waals surface area contributed by atoms with E-state index in [9.17, 15) is 9.90 Å². The number of anilines is 1. The lowest BCUT2D eigenvalue weighted by atomic mass is 9.92. The molecule has 0 radical (unpaired) electrons. The van der Waals surface area contributed by atoms with Gasteiger partial charge in [-0.1, -0.05) is 32.0 Å².